The highest BCUT2D eigenvalue weighted by Gasteiger charge is 2.33. The number of hydrogen-bond donors (Lipinski definition) is 1. The fraction of sp³-hybridized carbons (Fsp3) is 0. The van der Waals surface area contributed by atoms with Gasteiger partial charge in [-0.05, 0) is 46.9 Å². The number of hydrogen-bond acceptors (Lipinski definition) is 2. The molecule has 0 fully saturated rings. The number of anilines is 1. The van der Waals surface area contributed by atoms with E-state index >= 15 is 0 Å². The van der Waals surface area contributed by atoms with Crippen molar-refractivity contribution in [3.8, 4) is 0 Å². The average molecular weight is 391 g/mol. The molecule has 104 valence electrons. The quantitative estimate of drug-likeness (QED) is 0.796. The molecule has 2 aromatic rings. The fourth-order valence-electron chi connectivity index (χ4n) is 2.41. The van der Waals surface area contributed by atoms with E-state index in [4.69, 9.17) is 0 Å². The SMILES string of the molecule is C=C1c2ccccc2C(=O)N1c1ccc(I)cc1C(=O)O. The van der Waals surface area contributed by atoms with Crippen molar-refractivity contribution < 1.29 is 14.7 Å². The van der Waals surface area contributed by atoms with Crippen molar-refractivity contribution in [2.45, 2.75) is 0 Å². The molecule has 0 bridgehead atoms. The Balaban J connectivity index is 2.18. The van der Waals surface area contributed by atoms with Crippen LogP contribution in [0.15, 0.2) is 49.0 Å². The van der Waals surface area contributed by atoms with Crippen LogP contribution in [0.3, 0.4) is 0 Å². The molecule has 0 aliphatic carbocycles. The smallest absolute Gasteiger partial charge is 0.337 e. The van der Waals surface area contributed by atoms with Crippen LogP contribution in [-0.4, -0.2) is 17.0 Å². The Morgan fingerprint density at radius 1 is 1.14 bits per heavy atom. The molecule has 0 saturated carbocycles. The fourth-order valence-corrected chi connectivity index (χ4v) is 2.91. The zero-order chi connectivity index (χ0) is 15.1. The van der Waals surface area contributed by atoms with E-state index in [-0.39, 0.29) is 11.5 Å². The molecule has 0 radical (unpaired) electrons. The summed E-state index contributed by atoms with van der Waals surface area (Å²) in [6, 6.07) is 12.1. The molecular weight excluding hydrogens is 381 g/mol. The molecule has 4 nitrogen and oxygen atoms in total. The first-order valence-corrected chi connectivity index (χ1v) is 7.24. The summed E-state index contributed by atoms with van der Waals surface area (Å²) in [6.45, 7) is 3.94. The summed E-state index contributed by atoms with van der Waals surface area (Å²) in [5.74, 6) is -1.32. The van der Waals surface area contributed by atoms with E-state index in [9.17, 15) is 14.7 Å². The molecule has 2 aromatic carbocycles. The highest BCUT2D eigenvalue weighted by Crippen LogP contribution is 2.37. The maximum atomic E-state index is 12.5. The first-order chi connectivity index (χ1) is 10.0. The number of aromatic carboxylic acids is 1. The zero-order valence-corrected chi connectivity index (χ0v) is 13.0. The lowest BCUT2D eigenvalue weighted by atomic mass is 10.1. The van der Waals surface area contributed by atoms with Crippen LogP contribution in [0, 0.1) is 3.57 Å². The van der Waals surface area contributed by atoms with Gasteiger partial charge in [0.1, 0.15) is 0 Å². The third-order valence-corrected chi connectivity index (χ3v) is 4.04. The van der Waals surface area contributed by atoms with Gasteiger partial charge in [0.05, 0.1) is 16.9 Å². The third kappa shape index (κ3) is 2.13. The number of amides is 1. The second kappa shape index (κ2) is 5.00. The maximum Gasteiger partial charge on any atom is 0.337 e. The van der Waals surface area contributed by atoms with E-state index in [2.05, 4.69) is 6.58 Å². The Morgan fingerprint density at radius 3 is 2.43 bits per heavy atom. The summed E-state index contributed by atoms with van der Waals surface area (Å²) in [4.78, 5) is 25.3. The minimum atomic E-state index is -1.07. The Kier molecular flexibility index (Phi) is 3.29. The van der Waals surface area contributed by atoms with Crippen LogP contribution < -0.4 is 4.90 Å². The van der Waals surface area contributed by atoms with Gasteiger partial charge in [0.15, 0.2) is 0 Å². The third-order valence-electron chi connectivity index (χ3n) is 3.37. The van der Waals surface area contributed by atoms with Gasteiger partial charge in [-0.25, -0.2) is 4.79 Å². The van der Waals surface area contributed by atoms with Gasteiger partial charge in [-0.15, -0.1) is 0 Å². The van der Waals surface area contributed by atoms with Crippen molar-refractivity contribution in [3.05, 3.63) is 69.3 Å². The van der Waals surface area contributed by atoms with E-state index in [0.717, 1.165) is 9.13 Å². The Labute approximate surface area is 134 Å². The average Bonchev–Trinajstić information content (AvgIpc) is 2.72. The summed E-state index contributed by atoms with van der Waals surface area (Å²) in [7, 11) is 0. The molecule has 21 heavy (non-hydrogen) atoms. The molecule has 0 atom stereocenters. The summed E-state index contributed by atoms with van der Waals surface area (Å²) >= 11 is 2.04. The molecule has 3 rings (SSSR count). The standard InChI is InChI=1S/C16H10INO3/c1-9-11-4-2-3-5-12(11)15(19)18(9)14-7-6-10(17)8-13(14)16(20)21/h2-8H,1H2,(H,20,21). The van der Waals surface area contributed by atoms with Gasteiger partial charge in [0.2, 0.25) is 0 Å². The lowest BCUT2D eigenvalue weighted by Crippen LogP contribution is -2.24. The molecule has 0 saturated heterocycles. The molecule has 1 aliphatic heterocycles. The monoisotopic (exact) mass is 391 g/mol. The van der Waals surface area contributed by atoms with Crippen LogP contribution >= 0.6 is 22.6 Å². The van der Waals surface area contributed by atoms with Crippen molar-refractivity contribution in [1.82, 2.24) is 0 Å². The number of nitrogens with zero attached hydrogens (tertiary/aromatic N) is 1. The summed E-state index contributed by atoms with van der Waals surface area (Å²) in [6.07, 6.45) is 0. The molecule has 1 amide bonds. The van der Waals surface area contributed by atoms with Gasteiger partial charge in [0.25, 0.3) is 5.91 Å². The Morgan fingerprint density at radius 2 is 1.81 bits per heavy atom. The number of carboxylic acids is 1. The minimum Gasteiger partial charge on any atom is -0.478 e. The Hall–Kier alpha value is -2.15. The summed E-state index contributed by atoms with van der Waals surface area (Å²) < 4.78 is 0.795. The minimum absolute atomic E-state index is 0.0872. The van der Waals surface area contributed by atoms with Gasteiger partial charge in [-0.1, -0.05) is 24.8 Å². The van der Waals surface area contributed by atoms with Gasteiger partial charge < -0.3 is 5.11 Å². The van der Waals surface area contributed by atoms with Gasteiger partial charge in [0, 0.05) is 14.7 Å². The second-order valence-electron chi connectivity index (χ2n) is 4.60. The zero-order valence-electron chi connectivity index (χ0n) is 10.8. The molecule has 0 spiro atoms. The predicted octanol–water partition coefficient (Wildman–Crippen LogP) is 3.62. The first kappa shape index (κ1) is 13.8. The van der Waals surface area contributed by atoms with Gasteiger partial charge in [-0.2, -0.15) is 0 Å². The van der Waals surface area contributed by atoms with E-state index in [1.54, 1.807) is 30.3 Å². The van der Waals surface area contributed by atoms with Crippen molar-refractivity contribution in [2.75, 3.05) is 4.90 Å². The number of rotatable bonds is 2. The molecular formula is C16H10INO3. The molecule has 1 N–H and O–H groups in total. The number of benzene rings is 2. The summed E-state index contributed by atoms with van der Waals surface area (Å²) in [5.41, 5.74) is 2.20. The number of fused-ring (bicyclic) bond motifs is 1. The Bertz CT molecular complexity index is 763. The van der Waals surface area contributed by atoms with Crippen molar-refractivity contribution in [3.63, 3.8) is 0 Å². The number of halogens is 1. The van der Waals surface area contributed by atoms with E-state index in [1.807, 2.05) is 34.7 Å². The van der Waals surface area contributed by atoms with Crippen LogP contribution in [-0.2, 0) is 0 Å². The summed E-state index contributed by atoms with van der Waals surface area (Å²) in [5, 5.41) is 9.37. The lowest BCUT2D eigenvalue weighted by Gasteiger charge is -2.19. The van der Waals surface area contributed by atoms with Crippen LogP contribution in [0.4, 0.5) is 5.69 Å². The molecule has 1 aliphatic rings. The lowest BCUT2D eigenvalue weighted by molar-refractivity contribution is 0.0697. The number of carbonyl (C=O) groups is 2. The number of carboxylic acid groups (broad SMARTS) is 1. The molecule has 5 heteroatoms. The molecule has 1 heterocycles. The van der Waals surface area contributed by atoms with Crippen molar-refractivity contribution in [1.29, 1.82) is 0 Å². The first-order valence-electron chi connectivity index (χ1n) is 6.16. The maximum absolute atomic E-state index is 12.5. The van der Waals surface area contributed by atoms with Gasteiger partial charge >= 0.3 is 5.97 Å². The van der Waals surface area contributed by atoms with Crippen molar-refractivity contribution >= 4 is 45.9 Å². The number of carbonyl (C=O) groups excluding carboxylic acids is 1. The largest absolute Gasteiger partial charge is 0.478 e. The van der Waals surface area contributed by atoms with E-state index < -0.39 is 5.97 Å². The van der Waals surface area contributed by atoms with Gasteiger partial charge in [-0.3, -0.25) is 9.69 Å². The highest BCUT2D eigenvalue weighted by atomic mass is 127. The predicted molar refractivity (Wildman–Crippen MR) is 88.4 cm³/mol. The second-order valence-corrected chi connectivity index (χ2v) is 5.85. The van der Waals surface area contributed by atoms with Crippen molar-refractivity contribution in [2.24, 2.45) is 0 Å². The molecule has 0 unspecified atom stereocenters. The van der Waals surface area contributed by atoms with Crippen LogP contribution in [0.2, 0.25) is 0 Å². The highest BCUT2D eigenvalue weighted by molar-refractivity contribution is 14.1. The van der Waals surface area contributed by atoms with E-state index in [0.29, 0.717) is 16.9 Å². The topological polar surface area (TPSA) is 57.6 Å². The van der Waals surface area contributed by atoms with Crippen LogP contribution in [0.5, 0.6) is 0 Å². The normalized spacial score (nSPS) is 13.5. The van der Waals surface area contributed by atoms with Crippen LogP contribution in [0.1, 0.15) is 26.3 Å². The van der Waals surface area contributed by atoms with E-state index in [1.165, 1.54) is 4.90 Å². The van der Waals surface area contributed by atoms with Crippen LogP contribution in [0.25, 0.3) is 5.70 Å². The molecule has 0 aromatic heterocycles.